The summed E-state index contributed by atoms with van der Waals surface area (Å²) in [7, 11) is 1.65. The lowest BCUT2D eigenvalue weighted by Crippen LogP contribution is -2.48. The number of rotatable bonds is 9. The Bertz CT molecular complexity index is 1540. The minimum atomic E-state index is 0.294. The highest BCUT2D eigenvalue weighted by Crippen LogP contribution is 2.36. The molecule has 206 valence electrons. The highest BCUT2D eigenvalue weighted by atomic mass is 16.5. The first-order valence-electron chi connectivity index (χ1n) is 14.0. The van der Waals surface area contributed by atoms with Crippen molar-refractivity contribution < 1.29 is 9.53 Å². The smallest absolute Gasteiger partial charge is 0.225 e. The van der Waals surface area contributed by atoms with Gasteiger partial charge in [-0.15, -0.1) is 0 Å². The Hall–Kier alpha value is -4.25. The van der Waals surface area contributed by atoms with Crippen LogP contribution in [0.2, 0.25) is 0 Å². The van der Waals surface area contributed by atoms with Crippen LogP contribution in [0.15, 0.2) is 42.9 Å². The number of benzene rings is 1. The molecule has 11 nitrogen and oxygen atoms in total. The van der Waals surface area contributed by atoms with Gasteiger partial charge in [-0.25, -0.2) is 19.9 Å². The molecule has 1 amide bonds. The third-order valence-corrected chi connectivity index (χ3v) is 7.77. The van der Waals surface area contributed by atoms with Crippen LogP contribution in [-0.4, -0.2) is 80.0 Å². The molecule has 1 saturated heterocycles. The summed E-state index contributed by atoms with van der Waals surface area (Å²) in [6.45, 7) is 4.23. The summed E-state index contributed by atoms with van der Waals surface area (Å²) < 4.78 is 5.69. The van der Waals surface area contributed by atoms with Crippen LogP contribution in [0, 0.1) is 5.92 Å². The number of fused-ring (bicyclic) bond motifs is 1. The van der Waals surface area contributed by atoms with Crippen molar-refractivity contribution in [3.63, 3.8) is 0 Å². The number of imidazole rings is 1. The van der Waals surface area contributed by atoms with Crippen LogP contribution in [0.4, 0.5) is 17.6 Å². The van der Waals surface area contributed by atoms with Crippen molar-refractivity contribution in [2.45, 2.75) is 38.3 Å². The normalized spacial score (nSPS) is 17.7. The third-order valence-electron chi connectivity index (χ3n) is 7.77. The van der Waals surface area contributed by atoms with Gasteiger partial charge < -0.3 is 25.3 Å². The van der Waals surface area contributed by atoms with E-state index >= 15 is 0 Å². The van der Waals surface area contributed by atoms with E-state index in [1.165, 1.54) is 5.56 Å². The Balaban J connectivity index is 1.03. The number of piperazine rings is 1. The average Bonchev–Trinajstić information content (AvgIpc) is 3.91. The summed E-state index contributed by atoms with van der Waals surface area (Å²) in [6, 6.07) is 10.5. The van der Waals surface area contributed by atoms with Gasteiger partial charge in [0.2, 0.25) is 11.9 Å². The van der Waals surface area contributed by atoms with E-state index in [0.29, 0.717) is 29.6 Å². The van der Waals surface area contributed by atoms with E-state index in [2.05, 4.69) is 41.5 Å². The second-order valence-corrected chi connectivity index (χ2v) is 10.9. The minimum absolute atomic E-state index is 0.294. The van der Waals surface area contributed by atoms with E-state index in [1.54, 1.807) is 13.4 Å². The number of hydrogen-bond donors (Lipinski definition) is 3. The summed E-state index contributed by atoms with van der Waals surface area (Å²) in [5.74, 6) is 3.36. The monoisotopic (exact) mass is 539 g/mol. The predicted octanol–water partition coefficient (Wildman–Crippen LogP) is 3.80. The number of nitrogens with one attached hydrogen (secondary N) is 3. The van der Waals surface area contributed by atoms with Gasteiger partial charge in [0.25, 0.3) is 0 Å². The highest BCUT2D eigenvalue weighted by Gasteiger charge is 2.34. The maximum atomic E-state index is 12.3. The molecule has 3 aliphatic rings. The molecule has 3 N–H and O–H groups in total. The molecule has 0 bridgehead atoms. The van der Waals surface area contributed by atoms with Gasteiger partial charge in [0.05, 0.1) is 18.1 Å². The lowest BCUT2D eigenvalue weighted by molar-refractivity contribution is -0.134. The number of carbonyl (C=O) groups is 1. The summed E-state index contributed by atoms with van der Waals surface area (Å²) in [4.78, 5) is 38.3. The second kappa shape index (κ2) is 10.4. The van der Waals surface area contributed by atoms with Gasteiger partial charge in [0, 0.05) is 56.4 Å². The van der Waals surface area contributed by atoms with Crippen molar-refractivity contribution in [3.05, 3.63) is 48.4 Å². The van der Waals surface area contributed by atoms with E-state index in [4.69, 9.17) is 9.72 Å². The molecular weight excluding hydrogens is 506 g/mol. The van der Waals surface area contributed by atoms with Gasteiger partial charge >= 0.3 is 0 Å². The number of carbonyl (C=O) groups excluding carboxylic acids is 1. The molecule has 0 radical (unpaired) electrons. The number of amides is 1. The van der Waals surface area contributed by atoms with E-state index in [9.17, 15) is 4.79 Å². The summed E-state index contributed by atoms with van der Waals surface area (Å²) in [5, 5.41) is 6.75. The van der Waals surface area contributed by atoms with Crippen molar-refractivity contribution in [3.8, 4) is 17.0 Å². The van der Waals surface area contributed by atoms with Gasteiger partial charge in [-0.2, -0.15) is 0 Å². The number of anilines is 3. The topological polar surface area (TPSA) is 124 Å². The van der Waals surface area contributed by atoms with E-state index in [-0.39, 0.29) is 0 Å². The average molecular weight is 540 g/mol. The van der Waals surface area contributed by atoms with Gasteiger partial charge in [-0.1, -0.05) is 6.07 Å². The number of aromatic amines is 1. The maximum absolute atomic E-state index is 12.3. The molecule has 7 rings (SSSR count). The first-order chi connectivity index (χ1) is 19.6. The molecular formula is C29H33N9O2. The lowest BCUT2D eigenvalue weighted by Gasteiger charge is -2.34. The molecule has 40 heavy (non-hydrogen) atoms. The predicted molar refractivity (Wildman–Crippen MR) is 152 cm³/mol. The van der Waals surface area contributed by atoms with E-state index in [0.717, 1.165) is 92.3 Å². The summed E-state index contributed by atoms with van der Waals surface area (Å²) in [6.07, 6.45) is 7.81. The molecule has 3 fully saturated rings. The number of ether oxygens (including phenoxy) is 1. The van der Waals surface area contributed by atoms with Crippen molar-refractivity contribution in [2.75, 3.05) is 43.9 Å². The fourth-order valence-electron chi connectivity index (χ4n) is 5.25. The van der Waals surface area contributed by atoms with Gasteiger partial charge in [0.15, 0.2) is 11.6 Å². The summed E-state index contributed by atoms with van der Waals surface area (Å²) >= 11 is 0. The zero-order chi connectivity index (χ0) is 27.1. The van der Waals surface area contributed by atoms with E-state index < -0.39 is 0 Å². The summed E-state index contributed by atoms with van der Waals surface area (Å²) in [5.41, 5.74) is 4.54. The zero-order valence-corrected chi connectivity index (χ0v) is 22.6. The molecule has 4 aromatic rings. The lowest BCUT2D eigenvalue weighted by atomic mass is 10.1. The number of hydrogen-bond acceptors (Lipinski definition) is 9. The van der Waals surface area contributed by atoms with Crippen LogP contribution in [0.25, 0.3) is 22.3 Å². The van der Waals surface area contributed by atoms with Gasteiger partial charge in [0.1, 0.15) is 17.8 Å². The Labute approximate surface area is 232 Å². The number of H-pyrrole nitrogens is 1. The molecule has 3 aromatic heterocycles. The van der Waals surface area contributed by atoms with Gasteiger partial charge in [-0.3, -0.25) is 9.69 Å². The molecule has 1 aliphatic heterocycles. The number of methoxy groups -OCH3 is 1. The van der Waals surface area contributed by atoms with Crippen molar-refractivity contribution in [1.29, 1.82) is 0 Å². The van der Waals surface area contributed by atoms with Crippen LogP contribution in [-0.2, 0) is 11.3 Å². The van der Waals surface area contributed by atoms with Crippen LogP contribution < -0.4 is 15.4 Å². The van der Waals surface area contributed by atoms with Crippen molar-refractivity contribution >= 4 is 34.5 Å². The van der Waals surface area contributed by atoms with Crippen LogP contribution in [0.1, 0.15) is 31.2 Å². The molecule has 0 atom stereocenters. The molecule has 11 heteroatoms. The Kier molecular flexibility index (Phi) is 6.43. The largest absolute Gasteiger partial charge is 0.491 e. The van der Waals surface area contributed by atoms with Gasteiger partial charge in [-0.05, 0) is 55.5 Å². The SMILES string of the molecule is COc1c(NC2CC2)ncnc1-c1ccc2nc(Nc3cc(CN4CCN(C(=O)C5CC5)CC4)ccn3)[nH]c2c1. The maximum Gasteiger partial charge on any atom is 0.225 e. The van der Waals surface area contributed by atoms with Crippen LogP contribution >= 0.6 is 0 Å². The van der Waals surface area contributed by atoms with Crippen molar-refractivity contribution in [1.82, 2.24) is 34.7 Å². The quantitative estimate of drug-likeness (QED) is 0.291. The molecule has 0 spiro atoms. The molecule has 0 unspecified atom stereocenters. The molecule has 2 saturated carbocycles. The first kappa shape index (κ1) is 24.8. The standard InChI is InChI=1S/C29H33N9O2/c1-40-26-25(31-17-32-27(26)33-21-5-6-21)20-4-7-22-23(15-20)35-29(34-22)36-24-14-18(8-9-30-24)16-37-10-12-38(13-11-37)28(39)19-2-3-19/h4,7-9,14-15,17,19,21H,2-3,5-6,10-13,16H2,1H3,(H,31,32,33)(H2,30,34,35,36). The minimum Gasteiger partial charge on any atom is -0.491 e. The molecule has 4 heterocycles. The Morgan fingerprint density at radius 3 is 2.67 bits per heavy atom. The first-order valence-corrected chi connectivity index (χ1v) is 14.0. The number of nitrogens with zero attached hydrogens (tertiary/aromatic N) is 6. The molecule has 1 aromatic carbocycles. The second-order valence-electron chi connectivity index (χ2n) is 10.9. The zero-order valence-electron chi connectivity index (χ0n) is 22.6. The highest BCUT2D eigenvalue weighted by molar-refractivity contribution is 5.85. The third kappa shape index (κ3) is 5.29. The fraction of sp³-hybridized carbons (Fsp3) is 0.414. The van der Waals surface area contributed by atoms with Crippen molar-refractivity contribution in [2.24, 2.45) is 5.92 Å². The Morgan fingerprint density at radius 2 is 1.90 bits per heavy atom. The van der Waals surface area contributed by atoms with Crippen LogP contribution in [0.5, 0.6) is 5.75 Å². The van der Waals surface area contributed by atoms with E-state index in [1.807, 2.05) is 35.4 Å². The molecule has 2 aliphatic carbocycles. The Morgan fingerprint density at radius 1 is 1.05 bits per heavy atom. The van der Waals surface area contributed by atoms with Crippen LogP contribution in [0.3, 0.4) is 0 Å². The fourth-order valence-corrected chi connectivity index (χ4v) is 5.25. The number of aromatic nitrogens is 5. The number of pyridine rings is 1.